The molecule has 0 aromatic heterocycles. The van der Waals surface area contributed by atoms with Gasteiger partial charge in [-0.05, 0) is 24.3 Å². The highest BCUT2D eigenvalue weighted by atomic mass is 127. The molecule has 2 rings (SSSR count). The van der Waals surface area contributed by atoms with E-state index in [4.69, 9.17) is 4.74 Å². The third-order valence-electron chi connectivity index (χ3n) is 2.62. The maximum Gasteiger partial charge on any atom is 0.414 e. The number of hydrogen-bond donors (Lipinski definition) is 0. The molecule has 1 aliphatic rings. The summed E-state index contributed by atoms with van der Waals surface area (Å²) in [5, 5.41) is 0. The number of halogens is 1. The lowest BCUT2D eigenvalue weighted by atomic mass is 10.3. The van der Waals surface area contributed by atoms with Crippen LogP contribution in [0.25, 0.3) is 0 Å². The van der Waals surface area contributed by atoms with Crippen LogP contribution >= 0.6 is 22.6 Å². The first-order chi connectivity index (χ1) is 8.41. The van der Waals surface area contributed by atoms with E-state index in [9.17, 15) is 13.2 Å². The Morgan fingerprint density at radius 2 is 2.00 bits per heavy atom. The fourth-order valence-electron chi connectivity index (χ4n) is 1.69. The number of benzene rings is 1. The first-order valence-corrected chi connectivity index (χ1v) is 8.68. The van der Waals surface area contributed by atoms with Crippen molar-refractivity contribution in [2.24, 2.45) is 0 Å². The Kier molecular flexibility index (Phi) is 3.81. The zero-order chi connectivity index (χ0) is 13.3. The van der Waals surface area contributed by atoms with Crippen LogP contribution in [0.15, 0.2) is 29.2 Å². The predicted molar refractivity (Wildman–Crippen MR) is 76.1 cm³/mol. The van der Waals surface area contributed by atoms with Gasteiger partial charge in [0.2, 0.25) is 0 Å². The maximum atomic E-state index is 11.6. The highest BCUT2D eigenvalue weighted by molar-refractivity contribution is 14.1. The molecule has 0 N–H and O–H groups in total. The second-order valence-corrected chi connectivity index (χ2v) is 6.93. The third-order valence-corrected chi connectivity index (χ3v) is 4.73. The molecule has 0 spiro atoms. The highest BCUT2D eigenvalue weighted by Crippen LogP contribution is 2.23. The molecular weight excluding hydrogens is 369 g/mol. The Bertz CT molecular complexity index is 555. The molecule has 0 aliphatic carbocycles. The van der Waals surface area contributed by atoms with E-state index in [-0.39, 0.29) is 17.1 Å². The average Bonchev–Trinajstić information content (AvgIpc) is 2.70. The van der Waals surface area contributed by atoms with Crippen molar-refractivity contribution in [3.63, 3.8) is 0 Å². The van der Waals surface area contributed by atoms with E-state index in [1.807, 2.05) is 0 Å². The van der Waals surface area contributed by atoms with E-state index in [2.05, 4.69) is 22.6 Å². The molecule has 1 saturated heterocycles. The van der Waals surface area contributed by atoms with Crippen molar-refractivity contribution in [3.8, 4) is 0 Å². The third kappa shape index (κ3) is 2.77. The molecule has 0 bridgehead atoms. The smallest absolute Gasteiger partial charge is 0.414 e. The zero-order valence-corrected chi connectivity index (χ0v) is 12.6. The fourth-order valence-corrected chi connectivity index (χ4v) is 2.77. The van der Waals surface area contributed by atoms with E-state index in [1.54, 1.807) is 12.1 Å². The molecule has 1 fully saturated rings. The molecule has 1 heterocycles. The van der Waals surface area contributed by atoms with Gasteiger partial charge in [0.25, 0.3) is 0 Å². The van der Waals surface area contributed by atoms with Crippen molar-refractivity contribution in [1.29, 1.82) is 0 Å². The number of sulfone groups is 1. The molecular formula is C11H12INO4S. The first kappa shape index (κ1) is 13.6. The van der Waals surface area contributed by atoms with Gasteiger partial charge < -0.3 is 4.74 Å². The summed E-state index contributed by atoms with van der Waals surface area (Å²) in [4.78, 5) is 13.4. The summed E-state index contributed by atoms with van der Waals surface area (Å²) in [6, 6.07) is 6.23. The topological polar surface area (TPSA) is 63.7 Å². The number of ether oxygens (including phenoxy) is 1. The molecule has 1 aromatic rings. The van der Waals surface area contributed by atoms with Crippen molar-refractivity contribution in [1.82, 2.24) is 0 Å². The van der Waals surface area contributed by atoms with Crippen LogP contribution in [-0.2, 0) is 14.6 Å². The summed E-state index contributed by atoms with van der Waals surface area (Å²) in [5.41, 5.74) is 0.653. The molecule has 1 unspecified atom stereocenters. The summed E-state index contributed by atoms with van der Waals surface area (Å²) >= 11 is 2.16. The Balaban J connectivity index is 2.23. The normalized spacial score (nSPS) is 20.0. The van der Waals surface area contributed by atoms with E-state index in [1.165, 1.54) is 17.0 Å². The monoisotopic (exact) mass is 381 g/mol. The van der Waals surface area contributed by atoms with Crippen LogP contribution in [0.4, 0.5) is 10.5 Å². The SMILES string of the molecule is CS(=O)(=O)c1ccc(N2CC(CI)OC2=O)cc1. The summed E-state index contributed by atoms with van der Waals surface area (Å²) < 4.78 is 28.5. The number of rotatable bonds is 3. The van der Waals surface area contributed by atoms with Gasteiger partial charge >= 0.3 is 6.09 Å². The predicted octanol–water partition coefficient (Wildman–Crippen LogP) is 1.85. The summed E-state index contributed by atoms with van der Waals surface area (Å²) in [5.74, 6) is 0. The van der Waals surface area contributed by atoms with Gasteiger partial charge in [0.1, 0.15) is 6.10 Å². The number of cyclic esters (lactones) is 1. The van der Waals surface area contributed by atoms with Crippen LogP contribution in [0.2, 0.25) is 0 Å². The van der Waals surface area contributed by atoms with Crippen LogP contribution in [0.3, 0.4) is 0 Å². The second kappa shape index (κ2) is 5.04. The fraction of sp³-hybridized carbons (Fsp3) is 0.364. The molecule has 7 heteroatoms. The number of hydrogen-bond acceptors (Lipinski definition) is 4. The number of anilines is 1. The van der Waals surface area contributed by atoms with Gasteiger partial charge in [-0.15, -0.1) is 0 Å². The number of alkyl halides is 1. The number of nitrogens with zero attached hydrogens (tertiary/aromatic N) is 1. The molecule has 18 heavy (non-hydrogen) atoms. The molecule has 1 aromatic carbocycles. The van der Waals surface area contributed by atoms with E-state index in [0.29, 0.717) is 12.2 Å². The Morgan fingerprint density at radius 1 is 1.39 bits per heavy atom. The van der Waals surface area contributed by atoms with Crippen molar-refractivity contribution in [2.75, 3.05) is 22.1 Å². The van der Waals surface area contributed by atoms with Crippen molar-refractivity contribution in [2.45, 2.75) is 11.0 Å². The van der Waals surface area contributed by atoms with Gasteiger partial charge in [0.15, 0.2) is 9.84 Å². The minimum absolute atomic E-state index is 0.104. The van der Waals surface area contributed by atoms with Gasteiger partial charge in [-0.25, -0.2) is 13.2 Å². The van der Waals surface area contributed by atoms with Crippen LogP contribution in [0, 0.1) is 0 Å². The van der Waals surface area contributed by atoms with Crippen molar-refractivity contribution < 1.29 is 17.9 Å². The summed E-state index contributed by atoms with van der Waals surface area (Å²) in [6.45, 7) is 0.500. The van der Waals surface area contributed by atoms with E-state index in [0.717, 1.165) is 10.7 Å². The summed E-state index contributed by atoms with van der Waals surface area (Å²) in [7, 11) is -3.21. The minimum atomic E-state index is -3.21. The maximum absolute atomic E-state index is 11.6. The molecule has 1 amide bonds. The standard InChI is InChI=1S/C11H12INO4S/c1-18(15,16)10-4-2-8(3-5-10)13-7-9(6-12)17-11(13)14/h2-5,9H,6-7H2,1H3. The van der Waals surface area contributed by atoms with E-state index < -0.39 is 9.84 Å². The zero-order valence-electron chi connectivity index (χ0n) is 9.67. The molecule has 5 nitrogen and oxygen atoms in total. The molecule has 1 atom stereocenters. The van der Waals surface area contributed by atoms with Crippen LogP contribution in [-0.4, -0.2) is 37.8 Å². The van der Waals surface area contributed by atoms with Crippen molar-refractivity contribution in [3.05, 3.63) is 24.3 Å². The lowest BCUT2D eigenvalue weighted by Crippen LogP contribution is -2.24. The Labute approximate surface area is 119 Å². The Hall–Kier alpha value is -0.830. The van der Waals surface area contributed by atoms with Gasteiger partial charge in [0.05, 0.1) is 11.4 Å². The first-order valence-electron chi connectivity index (χ1n) is 5.26. The average molecular weight is 381 g/mol. The lowest BCUT2D eigenvalue weighted by molar-refractivity contribution is 0.153. The van der Waals surface area contributed by atoms with Gasteiger partial charge in [-0.1, -0.05) is 22.6 Å². The van der Waals surface area contributed by atoms with Crippen LogP contribution in [0.5, 0.6) is 0 Å². The Morgan fingerprint density at radius 3 is 2.44 bits per heavy atom. The second-order valence-electron chi connectivity index (χ2n) is 4.04. The van der Waals surface area contributed by atoms with Crippen LogP contribution in [0.1, 0.15) is 0 Å². The number of amides is 1. The largest absolute Gasteiger partial charge is 0.443 e. The number of carbonyl (C=O) groups excluding carboxylic acids is 1. The summed E-state index contributed by atoms with van der Waals surface area (Å²) in [6.07, 6.45) is 0.662. The molecule has 1 aliphatic heterocycles. The lowest BCUT2D eigenvalue weighted by Gasteiger charge is -2.12. The number of carbonyl (C=O) groups is 1. The quantitative estimate of drug-likeness (QED) is 0.592. The highest BCUT2D eigenvalue weighted by Gasteiger charge is 2.31. The minimum Gasteiger partial charge on any atom is -0.443 e. The van der Waals surface area contributed by atoms with Gasteiger partial charge in [0, 0.05) is 16.4 Å². The van der Waals surface area contributed by atoms with E-state index >= 15 is 0 Å². The molecule has 98 valence electrons. The molecule has 0 saturated carbocycles. The molecule has 0 radical (unpaired) electrons. The van der Waals surface area contributed by atoms with Crippen molar-refractivity contribution >= 4 is 44.2 Å². The van der Waals surface area contributed by atoms with Gasteiger partial charge in [-0.3, -0.25) is 4.90 Å². The van der Waals surface area contributed by atoms with Gasteiger partial charge in [-0.2, -0.15) is 0 Å². The van der Waals surface area contributed by atoms with Crippen LogP contribution < -0.4 is 4.90 Å².